The first-order valence-corrected chi connectivity index (χ1v) is 9.36. The van der Waals surface area contributed by atoms with Crippen LogP contribution in [0.25, 0.3) is 0 Å². The number of nitrogens with zero attached hydrogens (tertiary/aromatic N) is 1. The van der Waals surface area contributed by atoms with Crippen molar-refractivity contribution in [2.24, 2.45) is 16.1 Å². The van der Waals surface area contributed by atoms with Crippen molar-refractivity contribution in [1.29, 1.82) is 0 Å². The zero-order valence-electron chi connectivity index (χ0n) is 16.8. The minimum Gasteiger partial charge on any atom is -0.369 e. The average molecular weight is 494 g/mol. The molecule has 6 heteroatoms. The number of nitrogens with one attached hydrogen (secondary N) is 2. The number of aliphatic imine (C=N–C) groups is 1. The zero-order chi connectivity index (χ0) is 19.7. The molecule has 0 spiro atoms. The van der Waals surface area contributed by atoms with Crippen LogP contribution in [0, 0.1) is 5.41 Å². The predicted octanol–water partition coefficient (Wildman–Crippen LogP) is 3.50. The highest BCUT2D eigenvalue weighted by Gasteiger charge is 2.24. The maximum Gasteiger partial charge on any atom is 0.224 e. The fourth-order valence-electron chi connectivity index (χ4n) is 2.69. The molecule has 2 aromatic rings. The molecule has 0 aliphatic rings. The highest BCUT2D eigenvalue weighted by atomic mass is 127. The van der Waals surface area contributed by atoms with Crippen molar-refractivity contribution >= 4 is 35.8 Å². The van der Waals surface area contributed by atoms with Gasteiger partial charge >= 0.3 is 0 Å². The van der Waals surface area contributed by atoms with E-state index in [1.807, 2.05) is 19.1 Å². The van der Waals surface area contributed by atoms with E-state index in [0.717, 1.165) is 6.54 Å². The smallest absolute Gasteiger partial charge is 0.224 e. The van der Waals surface area contributed by atoms with Crippen molar-refractivity contribution in [3.63, 3.8) is 0 Å². The summed E-state index contributed by atoms with van der Waals surface area (Å²) in [6.07, 6.45) is 0. The number of nitrogens with two attached hydrogens (primary N) is 1. The van der Waals surface area contributed by atoms with Gasteiger partial charge in [-0.15, -0.1) is 24.0 Å². The summed E-state index contributed by atoms with van der Waals surface area (Å²) in [6, 6.07) is 20.8. The average Bonchev–Trinajstić information content (AvgIpc) is 2.68. The Labute approximate surface area is 185 Å². The molecular formula is C22H31IN4O. The normalized spacial score (nSPS) is 11.6. The van der Waals surface area contributed by atoms with E-state index in [1.54, 1.807) is 13.8 Å². The third-order valence-electron chi connectivity index (χ3n) is 4.52. The SMILES string of the molecule is CCNC(=NCC(C)(C)C(N)=O)NCC(c1ccccc1)c1ccccc1.I. The maximum atomic E-state index is 11.5. The number of carbonyl (C=O) groups is 1. The summed E-state index contributed by atoms with van der Waals surface area (Å²) in [5, 5.41) is 6.66. The van der Waals surface area contributed by atoms with Gasteiger partial charge in [0.25, 0.3) is 0 Å². The highest BCUT2D eigenvalue weighted by molar-refractivity contribution is 14.0. The van der Waals surface area contributed by atoms with Crippen molar-refractivity contribution in [1.82, 2.24) is 10.6 Å². The summed E-state index contributed by atoms with van der Waals surface area (Å²) in [6.45, 7) is 7.39. The Balaban J connectivity index is 0.00000392. The Morgan fingerprint density at radius 3 is 1.93 bits per heavy atom. The molecule has 0 radical (unpaired) electrons. The first-order valence-electron chi connectivity index (χ1n) is 9.36. The summed E-state index contributed by atoms with van der Waals surface area (Å²) in [4.78, 5) is 16.1. The van der Waals surface area contributed by atoms with Gasteiger partial charge in [0, 0.05) is 19.0 Å². The second-order valence-corrected chi connectivity index (χ2v) is 7.20. The summed E-state index contributed by atoms with van der Waals surface area (Å²) < 4.78 is 0. The first kappa shape index (κ1) is 23.9. The van der Waals surface area contributed by atoms with Crippen molar-refractivity contribution in [2.75, 3.05) is 19.6 Å². The lowest BCUT2D eigenvalue weighted by atomic mass is 9.91. The Bertz CT molecular complexity index is 708. The molecule has 0 aliphatic carbocycles. The van der Waals surface area contributed by atoms with Crippen LogP contribution in [0.1, 0.15) is 37.8 Å². The molecule has 0 saturated heterocycles. The van der Waals surface area contributed by atoms with Crippen LogP contribution in [-0.2, 0) is 4.79 Å². The molecule has 0 bridgehead atoms. The second kappa shape index (κ2) is 11.7. The predicted molar refractivity (Wildman–Crippen MR) is 127 cm³/mol. The molecule has 152 valence electrons. The van der Waals surface area contributed by atoms with Crippen LogP contribution < -0.4 is 16.4 Å². The Kier molecular flexibility index (Phi) is 9.99. The molecule has 4 N–H and O–H groups in total. The minimum atomic E-state index is -0.680. The number of halogens is 1. The van der Waals surface area contributed by atoms with Gasteiger partial charge in [0.15, 0.2) is 5.96 Å². The standard InChI is InChI=1S/C22H30N4O.HI/c1-4-24-21(26-16-22(2,3)20(23)27)25-15-19(17-11-7-5-8-12-17)18-13-9-6-10-14-18;/h5-14,19H,4,15-16H2,1-3H3,(H2,23,27)(H2,24,25,26);1H. The lowest BCUT2D eigenvalue weighted by Gasteiger charge is -2.22. The van der Waals surface area contributed by atoms with Gasteiger partial charge in [0.1, 0.15) is 0 Å². The fourth-order valence-corrected chi connectivity index (χ4v) is 2.69. The number of hydrogen-bond donors (Lipinski definition) is 3. The molecule has 0 aromatic heterocycles. The molecule has 0 atom stereocenters. The van der Waals surface area contributed by atoms with Gasteiger partial charge in [-0.2, -0.15) is 0 Å². The van der Waals surface area contributed by atoms with Crippen LogP contribution in [0.4, 0.5) is 0 Å². The number of rotatable bonds is 8. The van der Waals surface area contributed by atoms with Gasteiger partial charge in [-0.3, -0.25) is 9.79 Å². The number of amides is 1. The van der Waals surface area contributed by atoms with Gasteiger partial charge in [0.2, 0.25) is 5.91 Å². The molecule has 0 heterocycles. The molecule has 2 aromatic carbocycles. The number of benzene rings is 2. The fraction of sp³-hybridized carbons (Fsp3) is 0.364. The summed E-state index contributed by atoms with van der Waals surface area (Å²) in [5.41, 5.74) is 7.26. The van der Waals surface area contributed by atoms with Crippen molar-refractivity contribution in [3.8, 4) is 0 Å². The largest absolute Gasteiger partial charge is 0.369 e. The quantitative estimate of drug-likeness (QED) is 0.299. The van der Waals surface area contributed by atoms with E-state index in [0.29, 0.717) is 19.0 Å². The van der Waals surface area contributed by atoms with Crippen LogP contribution in [0.3, 0.4) is 0 Å². The van der Waals surface area contributed by atoms with Gasteiger partial charge in [-0.05, 0) is 31.9 Å². The molecule has 5 nitrogen and oxygen atoms in total. The summed E-state index contributed by atoms with van der Waals surface area (Å²) in [7, 11) is 0. The topological polar surface area (TPSA) is 79.5 Å². The van der Waals surface area contributed by atoms with Crippen molar-refractivity contribution in [2.45, 2.75) is 26.7 Å². The van der Waals surface area contributed by atoms with E-state index in [4.69, 9.17) is 5.73 Å². The van der Waals surface area contributed by atoms with E-state index < -0.39 is 5.41 Å². The zero-order valence-corrected chi connectivity index (χ0v) is 19.1. The maximum absolute atomic E-state index is 11.5. The molecule has 0 aliphatic heterocycles. The highest BCUT2D eigenvalue weighted by Crippen LogP contribution is 2.23. The van der Waals surface area contributed by atoms with Crippen LogP contribution in [0.15, 0.2) is 65.7 Å². The van der Waals surface area contributed by atoms with Crippen LogP contribution in [0.2, 0.25) is 0 Å². The second-order valence-electron chi connectivity index (χ2n) is 7.20. The van der Waals surface area contributed by atoms with E-state index in [-0.39, 0.29) is 35.8 Å². The Hall–Kier alpha value is -2.09. The van der Waals surface area contributed by atoms with E-state index >= 15 is 0 Å². The lowest BCUT2D eigenvalue weighted by Crippen LogP contribution is -2.41. The summed E-state index contributed by atoms with van der Waals surface area (Å²) >= 11 is 0. The summed E-state index contributed by atoms with van der Waals surface area (Å²) in [5.74, 6) is 0.526. The molecule has 0 saturated carbocycles. The van der Waals surface area contributed by atoms with E-state index in [1.165, 1.54) is 11.1 Å². The molecule has 1 amide bonds. The molecular weight excluding hydrogens is 463 g/mol. The third kappa shape index (κ3) is 7.14. The van der Waals surface area contributed by atoms with Crippen LogP contribution in [0.5, 0.6) is 0 Å². The Morgan fingerprint density at radius 1 is 1.00 bits per heavy atom. The third-order valence-corrected chi connectivity index (χ3v) is 4.52. The molecule has 2 rings (SSSR count). The van der Waals surface area contributed by atoms with Crippen LogP contribution >= 0.6 is 24.0 Å². The van der Waals surface area contributed by atoms with Gasteiger partial charge in [-0.25, -0.2) is 0 Å². The molecule has 0 unspecified atom stereocenters. The number of hydrogen-bond acceptors (Lipinski definition) is 2. The minimum absolute atomic E-state index is 0. The van der Waals surface area contributed by atoms with Gasteiger partial charge in [-0.1, -0.05) is 60.7 Å². The van der Waals surface area contributed by atoms with E-state index in [2.05, 4.69) is 64.2 Å². The monoisotopic (exact) mass is 494 g/mol. The lowest BCUT2D eigenvalue weighted by molar-refractivity contribution is -0.125. The van der Waals surface area contributed by atoms with Crippen molar-refractivity contribution in [3.05, 3.63) is 71.8 Å². The van der Waals surface area contributed by atoms with Gasteiger partial charge in [0.05, 0.1) is 12.0 Å². The van der Waals surface area contributed by atoms with Crippen molar-refractivity contribution < 1.29 is 4.79 Å². The molecule has 0 fully saturated rings. The van der Waals surface area contributed by atoms with E-state index in [9.17, 15) is 4.79 Å². The molecule has 28 heavy (non-hydrogen) atoms. The first-order chi connectivity index (χ1) is 12.9. The number of guanidine groups is 1. The number of carbonyl (C=O) groups excluding carboxylic acids is 1. The Morgan fingerprint density at radius 2 is 1.50 bits per heavy atom. The number of primary amides is 1. The van der Waals surface area contributed by atoms with Crippen LogP contribution in [-0.4, -0.2) is 31.5 Å². The van der Waals surface area contributed by atoms with Gasteiger partial charge < -0.3 is 16.4 Å².